The van der Waals surface area contributed by atoms with Crippen molar-refractivity contribution in [2.24, 2.45) is 10.8 Å². The SMILES string of the molecule is CC(C)SSC1(c2ccccc2)SC(=S)C(C)(C)CC1(C)C. The lowest BCUT2D eigenvalue weighted by atomic mass is 9.71. The molecule has 0 radical (unpaired) electrons. The van der Waals surface area contributed by atoms with E-state index >= 15 is 0 Å². The number of thioether (sulfide) groups is 1. The molecule has 1 aliphatic rings. The van der Waals surface area contributed by atoms with E-state index in [0.29, 0.717) is 5.25 Å². The second-order valence-corrected chi connectivity index (χ2v) is 12.7. The van der Waals surface area contributed by atoms with Gasteiger partial charge in [-0.2, -0.15) is 0 Å². The van der Waals surface area contributed by atoms with Gasteiger partial charge in [0, 0.05) is 10.7 Å². The maximum Gasteiger partial charge on any atom is 0.106 e. The smallest absolute Gasteiger partial charge is 0.0941 e. The zero-order valence-electron chi connectivity index (χ0n) is 14.3. The fourth-order valence-corrected chi connectivity index (χ4v) is 8.82. The van der Waals surface area contributed by atoms with Gasteiger partial charge in [-0.25, -0.2) is 0 Å². The number of thiocarbonyl (C=S) groups is 1. The lowest BCUT2D eigenvalue weighted by Gasteiger charge is -2.54. The van der Waals surface area contributed by atoms with Gasteiger partial charge in [-0.15, -0.1) is 0 Å². The van der Waals surface area contributed by atoms with E-state index in [1.165, 1.54) is 5.56 Å². The Morgan fingerprint density at radius 3 is 2.23 bits per heavy atom. The minimum Gasteiger partial charge on any atom is -0.0941 e. The molecule has 0 saturated carbocycles. The molecular formula is C18H26S4. The highest BCUT2D eigenvalue weighted by Gasteiger charge is 2.56. The van der Waals surface area contributed by atoms with E-state index in [9.17, 15) is 0 Å². The first-order valence-corrected chi connectivity index (χ1v) is 11.2. The lowest BCUT2D eigenvalue weighted by molar-refractivity contribution is 0.226. The normalized spacial score (nSPS) is 27.1. The molecule has 1 unspecified atom stereocenters. The summed E-state index contributed by atoms with van der Waals surface area (Å²) in [5.41, 5.74) is 1.67. The first kappa shape index (κ1) is 18.7. The molecule has 1 aliphatic heterocycles. The average molecular weight is 371 g/mol. The Kier molecular flexibility index (Phi) is 5.69. The van der Waals surface area contributed by atoms with Crippen LogP contribution >= 0.6 is 45.6 Å². The minimum atomic E-state index is -0.0181. The van der Waals surface area contributed by atoms with Crippen LogP contribution in [-0.2, 0) is 4.08 Å². The van der Waals surface area contributed by atoms with Crippen molar-refractivity contribution in [3.8, 4) is 0 Å². The highest BCUT2D eigenvalue weighted by Crippen LogP contribution is 2.69. The van der Waals surface area contributed by atoms with E-state index < -0.39 is 0 Å². The molecule has 1 aromatic rings. The van der Waals surface area contributed by atoms with Crippen LogP contribution in [0.4, 0.5) is 0 Å². The van der Waals surface area contributed by atoms with Gasteiger partial charge in [0.15, 0.2) is 0 Å². The summed E-state index contributed by atoms with van der Waals surface area (Å²) in [4.78, 5) is 0. The zero-order valence-corrected chi connectivity index (χ0v) is 17.6. The topological polar surface area (TPSA) is 0 Å². The molecule has 0 spiro atoms. The predicted molar refractivity (Wildman–Crippen MR) is 111 cm³/mol. The molecule has 0 aliphatic carbocycles. The molecule has 0 amide bonds. The maximum atomic E-state index is 5.81. The van der Waals surface area contributed by atoms with Gasteiger partial charge in [0.25, 0.3) is 0 Å². The molecule has 4 heteroatoms. The van der Waals surface area contributed by atoms with Crippen LogP contribution in [0.3, 0.4) is 0 Å². The van der Waals surface area contributed by atoms with Gasteiger partial charge >= 0.3 is 0 Å². The van der Waals surface area contributed by atoms with Crippen LogP contribution in [0.1, 0.15) is 53.5 Å². The third-order valence-corrected chi connectivity index (χ3v) is 11.2. The van der Waals surface area contributed by atoms with Crippen LogP contribution < -0.4 is 0 Å². The number of benzene rings is 1. The van der Waals surface area contributed by atoms with Crippen molar-refractivity contribution in [1.29, 1.82) is 0 Å². The summed E-state index contributed by atoms with van der Waals surface area (Å²) in [7, 11) is 3.98. The molecule has 1 atom stereocenters. The van der Waals surface area contributed by atoms with Crippen molar-refractivity contribution < 1.29 is 0 Å². The average Bonchev–Trinajstić information content (AvgIpc) is 2.41. The largest absolute Gasteiger partial charge is 0.106 e. The molecule has 2 rings (SSSR count). The summed E-state index contributed by atoms with van der Waals surface area (Å²) in [6, 6.07) is 10.9. The van der Waals surface area contributed by atoms with Crippen LogP contribution in [0.5, 0.6) is 0 Å². The summed E-state index contributed by atoms with van der Waals surface area (Å²) < 4.78 is 1.13. The van der Waals surface area contributed by atoms with E-state index in [0.717, 1.165) is 10.6 Å². The highest BCUT2D eigenvalue weighted by atomic mass is 33.1. The Balaban J connectivity index is 2.50. The van der Waals surface area contributed by atoms with Gasteiger partial charge in [-0.1, -0.05) is 117 Å². The summed E-state index contributed by atoms with van der Waals surface area (Å²) >= 11 is 7.73. The van der Waals surface area contributed by atoms with Crippen LogP contribution in [0.2, 0.25) is 0 Å². The molecule has 122 valence electrons. The van der Waals surface area contributed by atoms with E-state index in [2.05, 4.69) is 71.9 Å². The van der Waals surface area contributed by atoms with Gasteiger partial charge in [0.1, 0.15) is 4.08 Å². The minimum absolute atomic E-state index is 0.0181. The van der Waals surface area contributed by atoms with Crippen molar-refractivity contribution in [3.05, 3.63) is 35.9 Å². The van der Waals surface area contributed by atoms with E-state index in [-0.39, 0.29) is 14.9 Å². The second kappa shape index (κ2) is 6.70. The summed E-state index contributed by atoms with van der Waals surface area (Å²) in [6.45, 7) is 13.9. The monoisotopic (exact) mass is 370 g/mol. The van der Waals surface area contributed by atoms with Crippen molar-refractivity contribution in [1.82, 2.24) is 0 Å². The van der Waals surface area contributed by atoms with E-state index in [1.54, 1.807) is 0 Å². The molecule has 22 heavy (non-hydrogen) atoms. The third kappa shape index (κ3) is 3.55. The Labute approximate surface area is 153 Å². The Morgan fingerprint density at radius 2 is 1.68 bits per heavy atom. The summed E-state index contributed by atoms with van der Waals surface area (Å²) in [6.07, 6.45) is 1.12. The zero-order chi connectivity index (χ0) is 16.6. The van der Waals surface area contributed by atoms with Gasteiger partial charge < -0.3 is 0 Å². The Morgan fingerprint density at radius 1 is 1.09 bits per heavy atom. The van der Waals surface area contributed by atoms with Gasteiger partial charge in [-0.05, 0) is 17.4 Å². The molecule has 1 heterocycles. The fraction of sp³-hybridized carbons (Fsp3) is 0.611. The Hall–Kier alpha value is 0.360. The highest BCUT2D eigenvalue weighted by molar-refractivity contribution is 8.79. The molecule has 1 aromatic carbocycles. The van der Waals surface area contributed by atoms with Crippen molar-refractivity contribution in [2.45, 2.75) is 57.3 Å². The molecule has 0 N–H and O–H groups in total. The van der Waals surface area contributed by atoms with Crippen molar-refractivity contribution in [3.63, 3.8) is 0 Å². The van der Waals surface area contributed by atoms with Crippen molar-refractivity contribution >= 4 is 49.8 Å². The van der Waals surface area contributed by atoms with Crippen LogP contribution in [0.25, 0.3) is 0 Å². The first-order chi connectivity index (χ1) is 10.1. The number of hydrogen-bond acceptors (Lipinski definition) is 4. The molecule has 0 bridgehead atoms. The fourth-order valence-electron chi connectivity index (χ4n) is 3.15. The maximum absolute atomic E-state index is 5.81. The van der Waals surface area contributed by atoms with E-state index in [4.69, 9.17) is 12.2 Å². The van der Waals surface area contributed by atoms with Crippen LogP contribution in [0, 0.1) is 10.8 Å². The number of hydrogen-bond donors (Lipinski definition) is 0. The van der Waals surface area contributed by atoms with Crippen molar-refractivity contribution in [2.75, 3.05) is 0 Å². The Bertz CT molecular complexity index is 533. The van der Waals surface area contributed by atoms with Gasteiger partial charge in [-0.3, -0.25) is 0 Å². The molecule has 0 nitrogen and oxygen atoms in total. The predicted octanol–water partition coefficient (Wildman–Crippen LogP) is 7.15. The van der Waals surface area contributed by atoms with Crippen LogP contribution in [-0.4, -0.2) is 9.45 Å². The second-order valence-electron chi connectivity index (χ2n) is 7.54. The molecular weight excluding hydrogens is 344 g/mol. The lowest BCUT2D eigenvalue weighted by Crippen LogP contribution is -2.47. The number of rotatable bonds is 4. The third-order valence-electron chi connectivity index (χ3n) is 4.08. The van der Waals surface area contributed by atoms with Gasteiger partial charge in [0.05, 0.1) is 4.20 Å². The standard InChI is InChI=1S/C18H26S4/c1-13(2)21-22-18(14-10-8-7-9-11-14)17(5,6)12-16(3,4)15(19)20-18/h7-11,13H,12H2,1-6H3. The summed E-state index contributed by atoms with van der Waals surface area (Å²) in [5, 5.41) is 0.602. The molecule has 1 saturated heterocycles. The van der Waals surface area contributed by atoms with Crippen LogP contribution in [0.15, 0.2) is 30.3 Å². The molecule has 0 aromatic heterocycles. The van der Waals surface area contributed by atoms with E-state index in [1.807, 2.05) is 33.3 Å². The quantitative estimate of drug-likeness (QED) is 0.407. The summed E-state index contributed by atoms with van der Waals surface area (Å²) in [5.74, 6) is 0. The first-order valence-electron chi connectivity index (χ1n) is 7.74. The molecule has 1 fully saturated rings. The van der Waals surface area contributed by atoms with Gasteiger partial charge in [0.2, 0.25) is 0 Å².